The number of hydrogen-bond acceptors (Lipinski definition) is 3. The highest BCUT2D eigenvalue weighted by Gasteiger charge is 2.08. The number of fused-ring (bicyclic) bond motifs is 1. The molecule has 0 bridgehead atoms. The molecule has 0 aliphatic rings. The minimum absolute atomic E-state index is 0.223. The average Bonchev–Trinajstić information content (AvgIpc) is 2.73. The molecule has 0 radical (unpaired) electrons. The number of rotatable bonds is 1. The van der Waals surface area contributed by atoms with E-state index in [1.165, 1.54) is 7.05 Å². The van der Waals surface area contributed by atoms with Gasteiger partial charge >= 0.3 is 6.03 Å². The van der Waals surface area contributed by atoms with Crippen molar-refractivity contribution in [1.82, 2.24) is 15.3 Å². The predicted octanol–water partition coefficient (Wildman–Crippen LogP) is 1.19. The molecule has 6 nitrogen and oxygen atoms in total. The Labute approximate surface area is 91.3 Å². The summed E-state index contributed by atoms with van der Waals surface area (Å²) in [6.07, 6.45) is 0. The van der Waals surface area contributed by atoms with Gasteiger partial charge in [-0.15, -0.1) is 0 Å². The Hall–Kier alpha value is -2.55. The van der Waals surface area contributed by atoms with Gasteiger partial charge in [0.1, 0.15) is 11.6 Å². The molecule has 0 aliphatic carbocycles. The average molecular weight is 215 g/mol. The zero-order valence-corrected chi connectivity index (χ0v) is 8.53. The Morgan fingerprint density at radius 1 is 1.56 bits per heavy atom. The number of nitrogens with one attached hydrogen (secondary N) is 3. The maximum absolute atomic E-state index is 11.2. The number of amides is 2. The molecule has 1 aromatic heterocycles. The van der Waals surface area contributed by atoms with E-state index in [0.717, 1.165) is 0 Å². The van der Waals surface area contributed by atoms with Crippen LogP contribution in [0, 0.1) is 11.3 Å². The van der Waals surface area contributed by atoms with E-state index in [1.807, 2.05) is 6.07 Å². The molecule has 0 saturated heterocycles. The van der Waals surface area contributed by atoms with Crippen molar-refractivity contribution in [2.45, 2.75) is 0 Å². The number of nitriles is 1. The topological polar surface area (TPSA) is 93.6 Å². The summed E-state index contributed by atoms with van der Waals surface area (Å²) in [7, 11) is 1.53. The summed E-state index contributed by atoms with van der Waals surface area (Å²) >= 11 is 0. The van der Waals surface area contributed by atoms with Gasteiger partial charge in [-0.3, -0.25) is 0 Å². The summed E-state index contributed by atoms with van der Waals surface area (Å²) in [6, 6.07) is 6.87. The number of H-pyrrole nitrogens is 1. The van der Waals surface area contributed by atoms with Crippen LogP contribution in [0.2, 0.25) is 0 Å². The summed E-state index contributed by atoms with van der Waals surface area (Å²) in [5, 5.41) is 13.8. The van der Waals surface area contributed by atoms with Gasteiger partial charge in [0, 0.05) is 7.05 Å². The van der Waals surface area contributed by atoms with Gasteiger partial charge in [0.25, 0.3) is 0 Å². The maximum atomic E-state index is 11.2. The van der Waals surface area contributed by atoms with E-state index >= 15 is 0 Å². The molecule has 6 heteroatoms. The molecule has 0 aliphatic heterocycles. The molecule has 2 aromatic rings. The molecule has 1 aromatic carbocycles. The number of carbonyl (C=O) groups excluding carboxylic acids is 1. The molecule has 1 heterocycles. The third-order valence-electron chi connectivity index (χ3n) is 2.09. The lowest BCUT2D eigenvalue weighted by atomic mass is 10.2. The zero-order chi connectivity index (χ0) is 11.5. The van der Waals surface area contributed by atoms with Crippen molar-refractivity contribution < 1.29 is 4.79 Å². The first kappa shape index (κ1) is 9.98. The standard InChI is InChI=1S/C10H9N5O/c1-12-10(16)14-7-4-2-3-6-9(7)15-8(5-11)13-6/h2-4H,1H3,(H,13,15)(H2,12,14,16). The molecule has 0 fully saturated rings. The quantitative estimate of drug-likeness (QED) is 0.666. The lowest BCUT2D eigenvalue weighted by molar-refractivity contribution is 0.254. The number of para-hydroxylation sites is 1. The van der Waals surface area contributed by atoms with Crippen LogP contribution < -0.4 is 10.6 Å². The number of aromatic nitrogens is 2. The van der Waals surface area contributed by atoms with Crippen molar-refractivity contribution in [3.05, 3.63) is 24.0 Å². The number of nitrogens with zero attached hydrogens (tertiary/aromatic N) is 2. The van der Waals surface area contributed by atoms with Crippen LogP contribution in [0.1, 0.15) is 5.82 Å². The fourth-order valence-electron chi connectivity index (χ4n) is 1.37. The fourth-order valence-corrected chi connectivity index (χ4v) is 1.37. The Kier molecular flexibility index (Phi) is 2.44. The monoisotopic (exact) mass is 215 g/mol. The smallest absolute Gasteiger partial charge is 0.319 e. The molecule has 0 atom stereocenters. The second-order valence-corrected chi connectivity index (χ2v) is 3.10. The van der Waals surface area contributed by atoms with Crippen molar-refractivity contribution in [1.29, 1.82) is 5.26 Å². The molecule has 16 heavy (non-hydrogen) atoms. The van der Waals surface area contributed by atoms with Crippen LogP contribution in [0.15, 0.2) is 18.2 Å². The summed E-state index contributed by atoms with van der Waals surface area (Å²) in [5.74, 6) is 0.223. The Morgan fingerprint density at radius 3 is 3.06 bits per heavy atom. The van der Waals surface area contributed by atoms with Crippen LogP contribution in [0.5, 0.6) is 0 Å². The molecule has 0 unspecified atom stereocenters. The Morgan fingerprint density at radius 2 is 2.38 bits per heavy atom. The fraction of sp³-hybridized carbons (Fsp3) is 0.100. The van der Waals surface area contributed by atoms with E-state index < -0.39 is 0 Å². The summed E-state index contributed by atoms with van der Waals surface area (Å²) in [5.41, 5.74) is 1.85. The molecular weight excluding hydrogens is 206 g/mol. The van der Waals surface area contributed by atoms with Gasteiger partial charge in [0.15, 0.2) is 0 Å². The lowest BCUT2D eigenvalue weighted by Gasteiger charge is -2.03. The van der Waals surface area contributed by atoms with E-state index in [4.69, 9.17) is 5.26 Å². The maximum Gasteiger partial charge on any atom is 0.319 e. The van der Waals surface area contributed by atoms with Crippen LogP contribution in [0.4, 0.5) is 10.5 Å². The highest BCUT2D eigenvalue weighted by Crippen LogP contribution is 2.20. The third kappa shape index (κ3) is 1.66. The predicted molar refractivity (Wildman–Crippen MR) is 58.9 cm³/mol. The summed E-state index contributed by atoms with van der Waals surface area (Å²) in [6.45, 7) is 0. The van der Waals surface area contributed by atoms with E-state index in [-0.39, 0.29) is 11.9 Å². The van der Waals surface area contributed by atoms with Crippen molar-refractivity contribution in [3.63, 3.8) is 0 Å². The normalized spacial score (nSPS) is 9.75. The lowest BCUT2D eigenvalue weighted by Crippen LogP contribution is -2.24. The highest BCUT2D eigenvalue weighted by molar-refractivity contribution is 5.98. The number of carbonyl (C=O) groups is 1. The number of benzene rings is 1. The Balaban J connectivity index is 2.49. The Bertz CT molecular complexity index is 580. The molecule has 80 valence electrons. The third-order valence-corrected chi connectivity index (χ3v) is 2.09. The van der Waals surface area contributed by atoms with Crippen LogP contribution in [0.25, 0.3) is 11.0 Å². The highest BCUT2D eigenvalue weighted by atomic mass is 16.2. The number of aromatic amines is 1. The molecule has 3 N–H and O–H groups in total. The van der Waals surface area contributed by atoms with Crippen LogP contribution in [-0.4, -0.2) is 23.0 Å². The first-order chi connectivity index (χ1) is 7.74. The molecular formula is C10H9N5O. The minimum Gasteiger partial charge on any atom is -0.341 e. The number of urea groups is 1. The zero-order valence-electron chi connectivity index (χ0n) is 8.53. The first-order valence-corrected chi connectivity index (χ1v) is 4.62. The van der Waals surface area contributed by atoms with Crippen LogP contribution >= 0.6 is 0 Å². The van der Waals surface area contributed by atoms with Gasteiger partial charge in [-0.1, -0.05) is 6.07 Å². The minimum atomic E-state index is -0.325. The molecule has 2 amide bonds. The van der Waals surface area contributed by atoms with Gasteiger partial charge in [-0.2, -0.15) is 5.26 Å². The number of anilines is 1. The van der Waals surface area contributed by atoms with Gasteiger partial charge in [0.2, 0.25) is 5.82 Å². The number of imidazole rings is 1. The van der Waals surface area contributed by atoms with Crippen molar-refractivity contribution in [2.75, 3.05) is 12.4 Å². The summed E-state index contributed by atoms with van der Waals surface area (Å²) < 4.78 is 0. The SMILES string of the molecule is CNC(=O)Nc1cccc2[nH]c(C#N)nc12. The molecule has 0 spiro atoms. The first-order valence-electron chi connectivity index (χ1n) is 4.62. The largest absolute Gasteiger partial charge is 0.341 e. The van der Waals surface area contributed by atoms with Crippen molar-refractivity contribution >= 4 is 22.8 Å². The number of hydrogen-bond donors (Lipinski definition) is 3. The second-order valence-electron chi connectivity index (χ2n) is 3.10. The molecule has 0 saturated carbocycles. The van der Waals surface area contributed by atoms with Gasteiger partial charge < -0.3 is 15.6 Å². The van der Waals surface area contributed by atoms with Crippen LogP contribution in [0.3, 0.4) is 0 Å². The van der Waals surface area contributed by atoms with Gasteiger partial charge in [-0.25, -0.2) is 9.78 Å². The van der Waals surface area contributed by atoms with E-state index in [9.17, 15) is 4.79 Å². The second kappa shape index (κ2) is 3.90. The van der Waals surface area contributed by atoms with E-state index in [2.05, 4.69) is 20.6 Å². The van der Waals surface area contributed by atoms with Crippen molar-refractivity contribution in [2.24, 2.45) is 0 Å². The summed E-state index contributed by atoms with van der Waals surface area (Å²) in [4.78, 5) is 18.1. The molecule has 2 rings (SSSR count). The van der Waals surface area contributed by atoms with E-state index in [1.54, 1.807) is 18.2 Å². The van der Waals surface area contributed by atoms with Crippen molar-refractivity contribution in [3.8, 4) is 6.07 Å². The van der Waals surface area contributed by atoms with Gasteiger partial charge in [0.05, 0.1) is 11.2 Å². The van der Waals surface area contributed by atoms with Crippen LogP contribution in [-0.2, 0) is 0 Å². The van der Waals surface area contributed by atoms with E-state index in [0.29, 0.717) is 16.7 Å². The van der Waals surface area contributed by atoms with Gasteiger partial charge in [-0.05, 0) is 12.1 Å².